The van der Waals surface area contributed by atoms with Crippen molar-refractivity contribution in [1.82, 2.24) is 5.32 Å². The largest absolute Gasteiger partial charge is 0.380 e. The molecule has 0 aliphatic heterocycles. The van der Waals surface area contributed by atoms with Crippen LogP contribution in [0, 0.1) is 11.8 Å². The van der Waals surface area contributed by atoms with Crippen LogP contribution in [-0.4, -0.2) is 25.8 Å². The molecule has 1 atom stereocenters. The lowest BCUT2D eigenvalue weighted by Crippen LogP contribution is -2.38. The summed E-state index contributed by atoms with van der Waals surface area (Å²) in [6.45, 7) is 14.0. The van der Waals surface area contributed by atoms with Crippen molar-refractivity contribution < 1.29 is 4.74 Å². The van der Waals surface area contributed by atoms with Gasteiger partial charge in [0, 0.05) is 12.6 Å². The first-order valence-corrected chi connectivity index (χ1v) is 6.39. The van der Waals surface area contributed by atoms with Gasteiger partial charge >= 0.3 is 0 Å². The second-order valence-electron chi connectivity index (χ2n) is 5.06. The number of ether oxygens (including phenoxy) is 1. The molecule has 0 amide bonds. The van der Waals surface area contributed by atoms with Gasteiger partial charge in [0.1, 0.15) is 0 Å². The van der Waals surface area contributed by atoms with E-state index in [4.69, 9.17) is 4.74 Å². The molecular formula is C13H29NO. The summed E-state index contributed by atoms with van der Waals surface area (Å²) in [4.78, 5) is 0. The Morgan fingerprint density at radius 3 is 2.27 bits per heavy atom. The first-order chi connectivity index (χ1) is 7.07. The number of hydrogen-bond acceptors (Lipinski definition) is 2. The van der Waals surface area contributed by atoms with Crippen LogP contribution in [0.2, 0.25) is 0 Å². The molecule has 92 valence electrons. The normalized spacial score (nSPS) is 13.8. The minimum atomic E-state index is 0.511. The zero-order valence-corrected chi connectivity index (χ0v) is 11.2. The third kappa shape index (κ3) is 8.88. The van der Waals surface area contributed by atoms with Gasteiger partial charge in [-0.3, -0.25) is 0 Å². The van der Waals surface area contributed by atoms with Gasteiger partial charge in [-0.15, -0.1) is 0 Å². The lowest BCUT2D eigenvalue weighted by molar-refractivity contribution is 0.0902. The molecule has 0 saturated heterocycles. The summed E-state index contributed by atoms with van der Waals surface area (Å²) < 4.78 is 5.70. The van der Waals surface area contributed by atoms with Crippen molar-refractivity contribution in [3.8, 4) is 0 Å². The van der Waals surface area contributed by atoms with Crippen LogP contribution in [0.5, 0.6) is 0 Å². The molecule has 15 heavy (non-hydrogen) atoms. The molecule has 2 heteroatoms. The van der Waals surface area contributed by atoms with Crippen molar-refractivity contribution >= 4 is 0 Å². The fourth-order valence-electron chi connectivity index (χ4n) is 1.35. The molecule has 0 aliphatic rings. The van der Waals surface area contributed by atoms with Gasteiger partial charge in [0.25, 0.3) is 0 Å². The summed E-state index contributed by atoms with van der Waals surface area (Å²) in [6.07, 6.45) is 2.35. The van der Waals surface area contributed by atoms with E-state index in [0.29, 0.717) is 12.0 Å². The molecular weight excluding hydrogens is 186 g/mol. The highest BCUT2D eigenvalue weighted by Crippen LogP contribution is 2.04. The number of rotatable bonds is 9. The van der Waals surface area contributed by atoms with Gasteiger partial charge in [-0.2, -0.15) is 0 Å². The lowest BCUT2D eigenvalue weighted by Gasteiger charge is -2.22. The van der Waals surface area contributed by atoms with Crippen molar-refractivity contribution in [3.63, 3.8) is 0 Å². The van der Waals surface area contributed by atoms with Crippen molar-refractivity contribution in [2.24, 2.45) is 11.8 Å². The van der Waals surface area contributed by atoms with Gasteiger partial charge in [0.2, 0.25) is 0 Å². The Bertz CT molecular complexity index is 134. The first kappa shape index (κ1) is 14.9. The van der Waals surface area contributed by atoms with Crippen LogP contribution in [0.3, 0.4) is 0 Å². The maximum Gasteiger partial charge on any atom is 0.0622 e. The summed E-state index contributed by atoms with van der Waals surface area (Å²) >= 11 is 0. The highest BCUT2D eigenvalue weighted by atomic mass is 16.5. The van der Waals surface area contributed by atoms with Crippen LogP contribution in [0.25, 0.3) is 0 Å². The Morgan fingerprint density at radius 2 is 1.80 bits per heavy atom. The zero-order valence-electron chi connectivity index (χ0n) is 11.2. The standard InChI is InChI=1S/C13H29NO/c1-6-8-14-13(12(4)5)10-15-9-7-11(2)3/h11-14H,6-10H2,1-5H3. The number of nitrogens with one attached hydrogen (secondary N) is 1. The van der Waals surface area contributed by atoms with Crippen LogP contribution >= 0.6 is 0 Å². The maximum atomic E-state index is 5.70. The molecule has 0 spiro atoms. The highest BCUT2D eigenvalue weighted by molar-refractivity contribution is 4.69. The molecule has 0 aromatic heterocycles. The van der Waals surface area contributed by atoms with E-state index >= 15 is 0 Å². The van der Waals surface area contributed by atoms with Crippen LogP contribution < -0.4 is 5.32 Å². The third-order valence-electron chi connectivity index (χ3n) is 2.60. The van der Waals surface area contributed by atoms with Crippen LogP contribution in [0.1, 0.15) is 47.5 Å². The van der Waals surface area contributed by atoms with Gasteiger partial charge < -0.3 is 10.1 Å². The molecule has 0 radical (unpaired) electrons. The summed E-state index contributed by atoms with van der Waals surface area (Å²) in [6, 6.07) is 0.511. The van der Waals surface area contributed by atoms with Crippen LogP contribution in [-0.2, 0) is 4.74 Å². The van der Waals surface area contributed by atoms with E-state index in [2.05, 4.69) is 39.9 Å². The van der Waals surface area contributed by atoms with Gasteiger partial charge in [-0.25, -0.2) is 0 Å². The molecule has 0 fully saturated rings. The van der Waals surface area contributed by atoms with Gasteiger partial charge in [-0.1, -0.05) is 34.6 Å². The highest BCUT2D eigenvalue weighted by Gasteiger charge is 2.11. The second kappa shape index (κ2) is 9.17. The van der Waals surface area contributed by atoms with Gasteiger partial charge in [-0.05, 0) is 31.2 Å². The van der Waals surface area contributed by atoms with Crippen molar-refractivity contribution in [2.75, 3.05) is 19.8 Å². The zero-order chi connectivity index (χ0) is 11.7. The average molecular weight is 215 g/mol. The smallest absolute Gasteiger partial charge is 0.0622 e. The SMILES string of the molecule is CCCNC(COCCC(C)C)C(C)C. The second-order valence-corrected chi connectivity index (χ2v) is 5.06. The predicted octanol–water partition coefficient (Wildman–Crippen LogP) is 3.07. The fraction of sp³-hybridized carbons (Fsp3) is 1.00. The van der Waals surface area contributed by atoms with E-state index in [9.17, 15) is 0 Å². The van der Waals surface area contributed by atoms with Crippen LogP contribution in [0.15, 0.2) is 0 Å². The Kier molecular flexibility index (Phi) is 9.12. The Morgan fingerprint density at radius 1 is 1.13 bits per heavy atom. The summed E-state index contributed by atoms with van der Waals surface area (Å²) in [7, 11) is 0. The molecule has 0 aliphatic carbocycles. The minimum Gasteiger partial charge on any atom is -0.380 e. The Labute approximate surface area is 95.8 Å². The molecule has 0 rings (SSSR count). The quantitative estimate of drug-likeness (QED) is 0.597. The van der Waals surface area contributed by atoms with Gasteiger partial charge in [0.15, 0.2) is 0 Å². The van der Waals surface area contributed by atoms with E-state index < -0.39 is 0 Å². The Balaban J connectivity index is 3.57. The van der Waals surface area contributed by atoms with Gasteiger partial charge in [0.05, 0.1) is 6.61 Å². The maximum absolute atomic E-state index is 5.70. The molecule has 0 saturated carbocycles. The molecule has 0 heterocycles. The first-order valence-electron chi connectivity index (χ1n) is 6.39. The molecule has 1 N–H and O–H groups in total. The lowest BCUT2D eigenvalue weighted by atomic mass is 10.1. The predicted molar refractivity (Wildman–Crippen MR) is 67.2 cm³/mol. The summed E-state index contributed by atoms with van der Waals surface area (Å²) in [5.41, 5.74) is 0. The topological polar surface area (TPSA) is 21.3 Å². The molecule has 2 nitrogen and oxygen atoms in total. The monoisotopic (exact) mass is 215 g/mol. The van der Waals surface area contributed by atoms with Crippen molar-refractivity contribution in [3.05, 3.63) is 0 Å². The van der Waals surface area contributed by atoms with Crippen LogP contribution in [0.4, 0.5) is 0 Å². The third-order valence-corrected chi connectivity index (χ3v) is 2.60. The average Bonchev–Trinajstić information content (AvgIpc) is 2.15. The van der Waals surface area contributed by atoms with E-state index in [1.807, 2.05) is 0 Å². The molecule has 0 bridgehead atoms. The summed E-state index contributed by atoms with van der Waals surface area (Å²) in [5, 5.41) is 3.53. The van der Waals surface area contributed by atoms with E-state index in [-0.39, 0.29) is 0 Å². The van der Waals surface area contributed by atoms with Crippen molar-refractivity contribution in [1.29, 1.82) is 0 Å². The van der Waals surface area contributed by atoms with E-state index in [1.165, 1.54) is 12.8 Å². The van der Waals surface area contributed by atoms with Crippen molar-refractivity contribution in [2.45, 2.75) is 53.5 Å². The molecule has 0 aromatic rings. The molecule has 0 aromatic carbocycles. The fourth-order valence-corrected chi connectivity index (χ4v) is 1.35. The minimum absolute atomic E-state index is 0.511. The van der Waals surface area contributed by atoms with E-state index in [0.717, 1.165) is 25.7 Å². The summed E-state index contributed by atoms with van der Waals surface area (Å²) in [5.74, 6) is 1.39. The number of hydrogen-bond donors (Lipinski definition) is 1. The van der Waals surface area contributed by atoms with E-state index in [1.54, 1.807) is 0 Å². The molecule has 1 unspecified atom stereocenters. The Hall–Kier alpha value is -0.0800.